The van der Waals surface area contributed by atoms with Crippen molar-refractivity contribution >= 4 is 17.7 Å². The Hall–Kier alpha value is -0.544. The fourth-order valence-electron chi connectivity index (χ4n) is 3.29. The number of fused-ring (bicyclic) bond motifs is 1. The molecule has 1 saturated heterocycles. The molecule has 2 aliphatic rings. The number of nitrogens with one attached hydrogen (secondary N) is 1. The number of aromatic nitrogens is 1. The monoisotopic (exact) mass is 374 g/mol. The second-order valence-electron chi connectivity index (χ2n) is 5.77. The van der Waals surface area contributed by atoms with Crippen molar-refractivity contribution < 1.29 is 56.2 Å². The Morgan fingerprint density at radius 3 is 2.28 bits per heavy atom. The van der Waals surface area contributed by atoms with Crippen molar-refractivity contribution in [3.05, 3.63) is 23.1 Å². The number of rotatable bonds is 2. The molecule has 2 amide bonds. The summed E-state index contributed by atoms with van der Waals surface area (Å²) in [6.45, 7) is 5.83. The van der Waals surface area contributed by atoms with Gasteiger partial charge in [-0.2, -0.15) is 0 Å². The maximum Gasteiger partial charge on any atom is 1.00 e. The number of amides is 2. The Bertz CT molecular complexity index is 533. The number of aromatic amines is 1. The zero-order valence-corrected chi connectivity index (χ0v) is 19.4. The fourth-order valence-corrected chi connectivity index (χ4v) is 3.29. The molecule has 8 heteroatoms. The number of urea groups is 1. The van der Waals surface area contributed by atoms with Crippen molar-refractivity contribution in [2.45, 2.75) is 33.1 Å². The summed E-state index contributed by atoms with van der Waals surface area (Å²) in [4.78, 5) is 19.4. The van der Waals surface area contributed by atoms with E-state index in [0.29, 0.717) is 5.84 Å². The molecule has 2 unspecified atom stereocenters. The average Bonchev–Trinajstić information content (AvgIpc) is 3.31. The van der Waals surface area contributed by atoms with Crippen molar-refractivity contribution in [3.8, 4) is 0 Å². The normalized spacial score (nSPS) is 21.1. The number of aliphatic imine (C=N–C) groups is 1. The molecule has 2 heterocycles. The van der Waals surface area contributed by atoms with Crippen LogP contribution < -0.4 is 62.9 Å². The van der Waals surface area contributed by atoms with Crippen molar-refractivity contribution in [2.75, 3.05) is 27.2 Å². The van der Waals surface area contributed by atoms with Gasteiger partial charge in [0.2, 0.25) is 0 Å². The number of primary amides is 1. The van der Waals surface area contributed by atoms with Gasteiger partial charge < -0.3 is 26.7 Å². The van der Waals surface area contributed by atoms with Gasteiger partial charge in [0.1, 0.15) is 5.84 Å². The molecule has 1 aliphatic heterocycles. The van der Waals surface area contributed by atoms with E-state index < -0.39 is 0 Å². The molecule has 5 N–H and O–H groups in total. The largest absolute Gasteiger partial charge is 1.00 e. The van der Waals surface area contributed by atoms with E-state index in [0.717, 1.165) is 36.3 Å². The summed E-state index contributed by atoms with van der Waals surface area (Å²) in [6, 6.07) is 1.62. The number of amidine groups is 1. The Labute approximate surface area is 193 Å². The minimum absolute atomic E-state index is 0. The average molecular weight is 375 g/mol. The Kier molecular flexibility index (Phi) is 12.5. The van der Waals surface area contributed by atoms with Gasteiger partial charge in [-0.25, -0.2) is 4.79 Å². The third-order valence-corrected chi connectivity index (χ3v) is 4.50. The number of carbonyl (C=O) groups is 1. The first-order chi connectivity index (χ1) is 11.6. The van der Waals surface area contributed by atoms with Crippen LogP contribution in [-0.2, 0) is 0 Å². The van der Waals surface area contributed by atoms with Crippen LogP contribution in [0.4, 0.5) is 10.6 Å². The molecular formula is C17H31KN6O. The first kappa shape index (κ1) is 24.5. The van der Waals surface area contributed by atoms with E-state index >= 15 is 0 Å². The molecule has 3 rings (SSSR count). The minimum Gasteiger partial charge on any atom is -0.468 e. The van der Waals surface area contributed by atoms with Gasteiger partial charge in [0, 0.05) is 25.7 Å². The molecule has 1 aromatic rings. The van der Waals surface area contributed by atoms with Crippen LogP contribution in [0, 0.1) is 11.8 Å². The zero-order chi connectivity index (χ0) is 18.1. The molecule has 2 atom stereocenters. The third-order valence-electron chi connectivity index (χ3n) is 4.50. The second-order valence-corrected chi connectivity index (χ2v) is 5.77. The Morgan fingerprint density at radius 1 is 1.28 bits per heavy atom. The smallest absolute Gasteiger partial charge is 0.468 e. The van der Waals surface area contributed by atoms with E-state index in [-0.39, 0.29) is 57.4 Å². The van der Waals surface area contributed by atoms with Crippen LogP contribution in [0.3, 0.4) is 0 Å². The standard InChI is InChI=1S/C8H14N2O.C7H11N4.C2H6.K/c9-8(11)10-4-6-2-1-3-7(6)5-10;1-9-6(8)5-3-4-11-7(5)10-2;1-2;/h6-7H,1-5H2,(H2,9,11);3-4,11H,1-2H3,(H2,8,9);1-2H3;/q;-1;;+1. The molecule has 25 heavy (non-hydrogen) atoms. The summed E-state index contributed by atoms with van der Waals surface area (Å²) in [6.07, 6.45) is 5.74. The number of hydrogen-bond acceptors (Lipinski definition) is 2. The second kappa shape index (κ2) is 12.8. The molecule has 1 saturated carbocycles. The number of H-pyrrole nitrogens is 1. The van der Waals surface area contributed by atoms with Gasteiger partial charge in [-0.15, -0.1) is 0 Å². The van der Waals surface area contributed by atoms with E-state index in [1.54, 1.807) is 25.2 Å². The van der Waals surface area contributed by atoms with Gasteiger partial charge >= 0.3 is 57.4 Å². The van der Waals surface area contributed by atoms with Gasteiger partial charge in [-0.1, -0.05) is 45.4 Å². The summed E-state index contributed by atoms with van der Waals surface area (Å²) < 4.78 is 0. The molecule has 1 aliphatic carbocycles. The van der Waals surface area contributed by atoms with Crippen LogP contribution in [0.25, 0.3) is 5.32 Å². The fraction of sp³-hybridized carbons (Fsp3) is 0.647. The minimum atomic E-state index is -0.237. The Balaban J connectivity index is 0.000000405. The van der Waals surface area contributed by atoms with Gasteiger partial charge in [0.15, 0.2) is 0 Å². The third kappa shape index (κ3) is 6.94. The maximum absolute atomic E-state index is 10.8. The molecule has 0 aromatic carbocycles. The Morgan fingerprint density at radius 2 is 1.84 bits per heavy atom. The SMILES string of the molecule is CC.CN=C(N)c1cc[nH]c1[N-]C.NC(=O)N1CC2CCCC2C1.[K+]. The van der Waals surface area contributed by atoms with E-state index in [1.807, 2.05) is 19.9 Å². The molecule has 0 radical (unpaired) electrons. The van der Waals surface area contributed by atoms with Gasteiger partial charge in [0.05, 0.1) is 0 Å². The van der Waals surface area contributed by atoms with Crippen LogP contribution in [-0.4, -0.2) is 48.9 Å². The number of nitrogens with zero attached hydrogens (tertiary/aromatic N) is 3. The van der Waals surface area contributed by atoms with Crippen LogP contribution in [0.5, 0.6) is 0 Å². The molecule has 0 spiro atoms. The summed E-state index contributed by atoms with van der Waals surface area (Å²) in [5, 5.41) is 3.98. The molecule has 2 fully saturated rings. The molecular weight excluding hydrogens is 343 g/mol. The van der Waals surface area contributed by atoms with Gasteiger partial charge in [-0.3, -0.25) is 4.99 Å². The number of hydrogen-bond donors (Lipinski definition) is 3. The molecule has 136 valence electrons. The summed E-state index contributed by atoms with van der Waals surface area (Å²) >= 11 is 0. The zero-order valence-electron chi connectivity index (χ0n) is 16.2. The van der Waals surface area contributed by atoms with Crippen molar-refractivity contribution in [2.24, 2.45) is 28.3 Å². The quantitative estimate of drug-likeness (QED) is 0.378. The molecule has 0 bridgehead atoms. The van der Waals surface area contributed by atoms with Crippen molar-refractivity contribution in [3.63, 3.8) is 0 Å². The van der Waals surface area contributed by atoms with Gasteiger partial charge in [-0.05, 0) is 24.7 Å². The number of nitrogens with two attached hydrogens (primary N) is 2. The first-order valence-corrected chi connectivity index (χ1v) is 8.61. The topological polar surface area (TPSA) is 115 Å². The van der Waals surface area contributed by atoms with Gasteiger partial charge in [0.25, 0.3) is 0 Å². The van der Waals surface area contributed by atoms with E-state index in [4.69, 9.17) is 11.5 Å². The van der Waals surface area contributed by atoms with Crippen LogP contribution in [0.1, 0.15) is 38.7 Å². The first-order valence-electron chi connectivity index (χ1n) is 8.61. The number of carbonyl (C=O) groups excluding carboxylic acids is 1. The predicted octanol–water partition coefficient (Wildman–Crippen LogP) is -0.188. The van der Waals surface area contributed by atoms with Crippen LogP contribution in [0.15, 0.2) is 17.3 Å². The summed E-state index contributed by atoms with van der Waals surface area (Å²) in [7, 11) is 3.36. The van der Waals surface area contributed by atoms with E-state index in [2.05, 4.69) is 15.3 Å². The van der Waals surface area contributed by atoms with E-state index in [9.17, 15) is 4.79 Å². The van der Waals surface area contributed by atoms with Crippen LogP contribution in [0.2, 0.25) is 0 Å². The summed E-state index contributed by atoms with van der Waals surface area (Å²) in [5.41, 5.74) is 11.6. The maximum atomic E-state index is 10.8. The predicted molar refractivity (Wildman–Crippen MR) is 99.7 cm³/mol. The molecule has 7 nitrogen and oxygen atoms in total. The van der Waals surface area contributed by atoms with Crippen molar-refractivity contribution in [1.29, 1.82) is 0 Å². The molecule has 1 aromatic heterocycles. The van der Waals surface area contributed by atoms with Crippen LogP contribution >= 0.6 is 0 Å². The number of likely N-dealkylation sites (tertiary alicyclic amines) is 1. The van der Waals surface area contributed by atoms with E-state index in [1.165, 1.54) is 19.3 Å². The van der Waals surface area contributed by atoms with Crippen molar-refractivity contribution in [1.82, 2.24) is 9.88 Å². The summed E-state index contributed by atoms with van der Waals surface area (Å²) in [5.74, 6) is 2.81.